The monoisotopic (exact) mass is 290 g/mol. The summed E-state index contributed by atoms with van der Waals surface area (Å²) >= 11 is 0. The third-order valence-electron chi connectivity index (χ3n) is 2.32. The number of phenols is 1. The Morgan fingerprint density at radius 1 is 1.26 bits per heavy atom. The van der Waals surface area contributed by atoms with Crippen LogP contribution in [-0.4, -0.2) is 29.2 Å². The maximum Gasteiger partial charge on any atom is 0.446 e. The van der Waals surface area contributed by atoms with Crippen molar-refractivity contribution >= 4 is 16.4 Å². The number of carboxylic acid groups (broad SMARTS) is 1. The number of hydrogen-bond donors (Lipinski definition) is 3. The summed E-state index contributed by atoms with van der Waals surface area (Å²) in [5.74, 6) is -1.63. The molecule has 0 aliphatic rings. The van der Waals surface area contributed by atoms with Gasteiger partial charge >= 0.3 is 16.4 Å². The molecule has 3 N–H and O–H groups in total. The van der Waals surface area contributed by atoms with Crippen molar-refractivity contribution in [3.8, 4) is 11.5 Å². The number of benzene rings is 1. The first-order valence-corrected chi connectivity index (χ1v) is 6.85. The van der Waals surface area contributed by atoms with Crippen molar-refractivity contribution in [3.05, 3.63) is 23.8 Å². The first kappa shape index (κ1) is 15.3. The van der Waals surface area contributed by atoms with Gasteiger partial charge in [-0.3, -0.25) is 9.35 Å². The molecule has 0 spiro atoms. The molecule has 19 heavy (non-hydrogen) atoms. The molecule has 0 amide bonds. The molecule has 0 bridgehead atoms. The number of hydrogen-bond acceptors (Lipinski definition) is 5. The van der Waals surface area contributed by atoms with Crippen molar-refractivity contribution in [1.29, 1.82) is 0 Å². The molecule has 7 nitrogen and oxygen atoms in total. The molecule has 106 valence electrons. The Hall–Kier alpha value is -1.80. The molecule has 1 aromatic rings. The van der Waals surface area contributed by atoms with E-state index < -0.39 is 22.1 Å². The highest BCUT2D eigenvalue weighted by Gasteiger charge is 2.11. The molecule has 1 aromatic carbocycles. The number of aryl methyl sites for hydroxylation is 1. The van der Waals surface area contributed by atoms with Gasteiger partial charge in [-0.2, -0.15) is 8.42 Å². The summed E-state index contributed by atoms with van der Waals surface area (Å²) in [6.45, 7) is 0. The number of aliphatic carboxylic acids is 1. The molecule has 0 heterocycles. The Bertz CT molecular complexity index is 550. The summed E-state index contributed by atoms with van der Waals surface area (Å²) in [4.78, 5) is 10.3. The Morgan fingerprint density at radius 3 is 2.47 bits per heavy atom. The van der Waals surface area contributed by atoms with Gasteiger partial charge in [0.2, 0.25) is 0 Å². The second-order valence-electron chi connectivity index (χ2n) is 3.91. The molecule has 0 aromatic heterocycles. The van der Waals surface area contributed by atoms with Crippen LogP contribution in [0.4, 0.5) is 0 Å². The van der Waals surface area contributed by atoms with Crippen LogP contribution < -0.4 is 4.18 Å². The van der Waals surface area contributed by atoms with Gasteiger partial charge in [0, 0.05) is 6.42 Å². The summed E-state index contributed by atoms with van der Waals surface area (Å²) in [6, 6.07) is 4.05. The van der Waals surface area contributed by atoms with Crippen molar-refractivity contribution in [3.63, 3.8) is 0 Å². The predicted molar refractivity (Wildman–Crippen MR) is 65.5 cm³/mol. The second-order valence-corrected chi connectivity index (χ2v) is 4.94. The van der Waals surface area contributed by atoms with Gasteiger partial charge in [-0.25, -0.2) is 0 Å². The lowest BCUT2D eigenvalue weighted by Crippen LogP contribution is -2.06. The van der Waals surface area contributed by atoms with Gasteiger partial charge in [0.05, 0.1) is 0 Å². The van der Waals surface area contributed by atoms with E-state index in [4.69, 9.17) is 9.66 Å². The molecule has 0 radical (unpaired) electrons. The average molecular weight is 290 g/mol. The summed E-state index contributed by atoms with van der Waals surface area (Å²) in [5, 5.41) is 18.0. The molecule has 0 saturated carbocycles. The maximum atomic E-state index is 10.5. The van der Waals surface area contributed by atoms with Crippen LogP contribution in [0.2, 0.25) is 0 Å². The fraction of sp³-hybridized carbons (Fsp3) is 0.364. The molecule has 0 fully saturated rings. The van der Waals surface area contributed by atoms with Gasteiger partial charge in [-0.15, -0.1) is 0 Å². The minimum absolute atomic E-state index is 0.0793. The number of phenolic OH excluding ortho intramolecular Hbond substituents is 1. The third kappa shape index (κ3) is 6.07. The van der Waals surface area contributed by atoms with E-state index in [1.54, 1.807) is 0 Å². The SMILES string of the molecule is O=C(O)CCCCc1ccc(OS(=O)(=O)O)c(O)c1. The first-order chi connectivity index (χ1) is 8.78. The van der Waals surface area contributed by atoms with E-state index in [1.165, 1.54) is 18.2 Å². The fourth-order valence-electron chi connectivity index (χ4n) is 1.51. The average Bonchev–Trinajstić information content (AvgIpc) is 2.26. The van der Waals surface area contributed by atoms with Crippen molar-refractivity contribution in [2.45, 2.75) is 25.7 Å². The molecule has 8 heteroatoms. The highest BCUT2D eigenvalue weighted by Crippen LogP contribution is 2.28. The normalized spacial score (nSPS) is 11.2. The molecule has 0 unspecified atom stereocenters. The quantitative estimate of drug-likeness (QED) is 0.512. The van der Waals surface area contributed by atoms with Crippen LogP contribution in [0.1, 0.15) is 24.8 Å². The predicted octanol–water partition coefficient (Wildman–Crippen LogP) is 1.37. The number of unbranched alkanes of at least 4 members (excludes halogenated alkanes) is 1. The van der Waals surface area contributed by atoms with Gasteiger partial charge in [-0.05, 0) is 37.0 Å². The standard InChI is InChI=1S/C11H14O7S/c12-9-7-8(3-1-2-4-11(13)14)5-6-10(9)18-19(15,16)17/h5-7,12H,1-4H2,(H,13,14)(H,15,16,17). The first-order valence-electron chi connectivity index (χ1n) is 5.48. The molecule has 0 saturated heterocycles. The Morgan fingerprint density at radius 2 is 1.95 bits per heavy atom. The van der Waals surface area contributed by atoms with Crippen molar-refractivity contribution in [2.24, 2.45) is 0 Å². The van der Waals surface area contributed by atoms with E-state index in [-0.39, 0.29) is 12.2 Å². The van der Waals surface area contributed by atoms with Crippen molar-refractivity contribution in [2.75, 3.05) is 0 Å². The van der Waals surface area contributed by atoms with Crippen molar-refractivity contribution < 1.29 is 32.2 Å². The summed E-state index contributed by atoms with van der Waals surface area (Å²) < 4.78 is 33.6. The van der Waals surface area contributed by atoms with Gasteiger partial charge in [-0.1, -0.05) is 6.07 Å². The Labute approximate surface area is 110 Å². The van der Waals surface area contributed by atoms with E-state index >= 15 is 0 Å². The van der Waals surface area contributed by atoms with E-state index in [1.807, 2.05) is 0 Å². The zero-order chi connectivity index (χ0) is 14.5. The molecule has 1 rings (SSSR count). The van der Waals surface area contributed by atoms with E-state index in [0.29, 0.717) is 24.8 Å². The minimum atomic E-state index is -4.67. The molecule has 0 aliphatic carbocycles. The number of rotatable bonds is 7. The minimum Gasteiger partial charge on any atom is -0.504 e. The number of carboxylic acids is 1. The lowest BCUT2D eigenvalue weighted by atomic mass is 10.1. The summed E-state index contributed by atoms with van der Waals surface area (Å²) in [6.07, 6.45) is 1.77. The molecule has 0 atom stereocenters. The van der Waals surface area contributed by atoms with E-state index in [9.17, 15) is 18.3 Å². The van der Waals surface area contributed by atoms with Crippen LogP contribution >= 0.6 is 0 Å². The van der Waals surface area contributed by atoms with Crippen LogP contribution in [0.5, 0.6) is 11.5 Å². The van der Waals surface area contributed by atoms with Crippen LogP contribution in [-0.2, 0) is 21.6 Å². The highest BCUT2D eigenvalue weighted by atomic mass is 32.3. The van der Waals surface area contributed by atoms with Crippen LogP contribution in [0, 0.1) is 0 Å². The molecule has 0 aliphatic heterocycles. The smallest absolute Gasteiger partial charge is 0.446 e. The maximum absolute atomic E-state index is 10.5. The van der Waals surface area contributed by atoms with Crippen molar-refractivity contribution in [1.82, 2.24) is 0 Å². The lowest BCUT2D eigenvalue weighted by molar-refractivity contribution is -0.137. The van der Waals surface area contributed by atoms with Gasteiger partial charge in [0.1, 0.15) is 0 Å². The van der Waals surface area contributed by atoms with Gasteiger partial charge in [0.25, 0.3) is 0 Å². The molecular formula is C11H14O7S. The van der Waals surface area contributed by atoms with Gasteiger partial charge < -0.3 is 14.4 Å². The van der Waals surface area contributed by atoms with E-state index in [0.717, 1.165) is 0 Å². The zero-order valence-corrected chi connectivity index (χ0v) is 10.8. The van der Waals surface area contributed by atoms with Crippen LogP contribution in [0.3, 0.4) is 0 Å². The fourth-order valence-corrected chi connectivity index (χ4v) is 1.88. The summed E-state index contributed by atoms with van der Waals surface area (Å²) in [5.41, 5.74) is 0.713. The topological polar surface area (TPSA) is 121 Å². The lowest BCUT2D eigenvalue weighted by Gasteiger charge is -2.06. The number of aromatic hydroxyl groups is 1. The van der Waals surface area contributed by atoms with E-state index in [2.05, 4.69) is 4.18 Å². The number of carbonyl (C=O) groups is 1. The van der Waals surface area contributed by atoms with Crippen LogP contribution in [0.25, 0.3) is 0 Å². The Kier molecular flexibility index (Phi) is 5.13. The van der Waals surface area contributed by atoms with Gasteiger partial charge in [0.15, 0.2) is 11.5 Å². The zero-order valence-electron chi connectivity index (χ0n) is 9.94. The highest BCUT2D eigenvalue weighted by molar-refractivity contribution is 7.81. The molecular weight excluding hydrogens is 276 g/mol. The third-order valence-corrected chi connectivity index (χ3v) is 2.71. The largest absolute Gasteiger partial charge is 0.504 e. The Balaban J connectivity index is 2.59. The summed E-state index contributed by atoms with van der Waals surface area (Å²) in [7, 11) is -4.67. The second kappa shape index (κ2) is 6.39. The van der Waals surface area contributed by atoms with Crippen LogP contribution in [0.15, 0.2) is 18.2 Å².